The van der Waals surface area contributed by atoms with Crippen molar-refractivity contribution in [2.24, 2.45) is 10.9 Å². The summed E-state index contributed by atoms with van der Waals surface area (Å²) in [7, 11) is 0. The number of benzene rings is 2. The second-order valence-electron chi connectivity index (χ2n) is 7.57. The fourth-order valence-corrected chi connectivity index (χ4v) is 3.73. The van der Waals surface area contributed by atoms with Crippen LogP contribution in [0.25, 0.3) is 0 Å². The molecule has 2 atom stereocenters. The number of guanidine groups is 1. The smallest absolute Gasteiger partial charge is 0.274 e. The van der Waals surface area contributed by atoms with E-state index in [-0.39, 0.29) is 23.3 Å². The fraction of sp³-hybridized carbons (Fsp3) is 0.435. The number of nitrogens with zero attached hydrogens (tertiary/aromatic N) is 2. The molecule has 0 radical (unpaired) electrons. The zero-order chi connectivity index (χ0) is 21.3. The number of ether oxygens (including phenoxy) is 1. The fourth-order valence-electron chi connectivity index (χ4n) is 3.73. The van der Waals surface area contributed by atoms with Gasteiger partial charge in [-0.3, -0.25) is 10.1 Å². The third-order valence-electron chi connectivity index (χ3n) is 5.32. The normalized spacial score (nSPS) is 19.3. The molecule has 2 unspecified atom stereocenters. The van der Waals surface area contributed by atoms with Gasteiger partial charge in [-0.25, -0.2) is 4.99 Å². The third kappa shape index (κ3) is 5.79. The number of nitro groups is 1. The summed E-state index contributed by atoms with van der Waals surface area (Å²) in [5.74, 6) is 0.986. The molecule has 1 heterocycles. The lowest BCUT2D eigenvalue weighted by atomic mass is 9.89. The van der Waals surface area contributed by atoms with Crippen molar-refractivity contribution in [2.45, 2.75) is 39.3 Å². The molecule has 7 heteroatoms. The van der Waals surface area contributed by atoms with Gasteiger partial charge in [0.2, 0.25) is 0 Å². The first kappa shape index (κ1) is 21.8. The van der Waals surface area contributed by atoms with Gasteiger partial charge in [0.25, 0.3) is 5.69 Å². The van der Waals surface area contributed by atoms with E-state index in [1.807, 2.05) is 6.92 Å². The summed E-state index contributed by atoms with van der Waals surface area (Å²) in [6.07, 6.45) is 2.18. The van der Waals surface area contributed by atoms with Crippen molar-refractivity contribution >= 4 is 11.6 Å². The quantitative estimate of drug-likeness (QED) is 0.310. The molecule has 0 bridgehead atoms. The van der Waals surface area contributed by atoms with Crippen molar-refractivity contribution in [3.05, 3.63) is 75.3 Å². The largest absolute Gasteiger partial charge is 0.373 e. The van der Waals surface area contributed by atoms with Crippen molar-refractivity contribution < 1.29 is 9.66 Å². The highest BCUT2D eigenvalue weighted by atomic mass is 16.6. The monoisotopic (exact) mass is 410 g/mol. The van der Waals surface area contributed by atoms with E-state index in [1.54, 1.807) is 18.2 Å². The Morgan fingerprint density at radius 2 is 1.97 bits per heavy atom. The van der Waals surface area contributed by atoms with Gasteiger partial charge in [0.15, 0.2) is 5.96 Å². The number of aliphatic imine (C=N–C) groups is 1. The van der Waals surface area contributed by atoms with Crippen LogP contribution in [0.5, 0.6) is 0 Å². The number of nitro benzene ring substituents is 1. The van der Waals surface area contributed by atoms with Gasteiger partial charge in [0.05, 0.1) is 23.1 Å². The number of rotatable bonds is 7. The van der Waals surface area contributed by atoms with Crippen LogP contribution < -0.4 is 10.6 Å². The van der Waals surface area contributed by atoms with E-state index >= 15 is 0 Å². The Morgan fingerprint density at radius 3 is 2.70 bits per heavy atom. The van der Waals surface area contributed by atoms with E-state index in [0.29, 0.717) is 24.0 Å². The molecule has 2 aromatic carbocycles. The number of hydrogen-bond donors (Lipinski definition) is 2. The third-order valence-corrected chi connectivity index (χ3v) is 5.32. The van der Waals surface area contributed by atoms with Crippen molar-refractivity contribution in [3.8, 4) is 0 Å². The topological polar surface area (TPSA) is 88.8 Å². The van der Waals surface area contributed by atoms with Crippen LogP contribution >= 0.6 is 0 Å². The number of nitrogens with one attached hydrogen (secondary N) is 2. The second kappa shape index (κ2) is 10.7. The Kier molecular flexibility index (Phi) is 7.79. The molecule has 0 aromatic heterocycles. The number of aryl methyl sites for hydroxylation is 1. The molecule has 160 valence electrons. The van der Waals surface area contributed by atoms with E-state index in [1.165, 1.54) is 17.2 Å². The predicted molar refractivity (Wildman–Crippen MR) is 119 cm³/mol. The van der Waals surface area contributed by atoms with Crippen LogP contribution in [0.4, 0.5) is 5.69 Å². The van der Waals surface area contributed by atoms with Crippen LogP contribution in [-0.2, 0) is 11.3 Å². The van der Waals surface area contributed by atoms with Gasteiger partial charge < -0.3 is 15.4 Å². The zero-order valence-corrected chi connectivity index (χ0v) is 17.6. The summed E-state index contributed by atoms with van der Waals surface area (Å²) in [5, 5.41) is 17.9. The van der Waals surface area contributed by atoms with Crippen LogP contribution in [0.2, 0.25) is 0 Å². The van der Waals surface area contributed by atoms with Gasteiger partial charge in [-0.2, -0.15) is 0 Å². The molecule has 0 amide bonds. The highest BCUT2D eigenvalue weighted by Gasteiger charge is 2.27. The van der Waals surface area contributed by atoms with Gasteiger partial charge >= 0.3 is 0 Å². The van der Waals surface area contributed by atoms with Gasteiger partial charge in [0, 0.05) is 31.7 Å². The first-order chi connectivity index (χ1) is 14.6. The predicted octanol–water partition coefficient (Wildman–Crippen LogP) is 4.13. The molecule has 2 N–H and O–H groups in total. The van der Waals surface area contributed by atoms with E-state index < -0.39 is 0 Å². The maximum Gasteiger partial charge on any atom is 0.274 e. The Balaban J connectivity index is 1.67. The Morgan fingerprint density at radius 1 is 1.20 bits per heavy atom. The first-order valence-electron chi connectivity index (χ1n) is 10.5. The number of hydrogen-bond acceptors (Lipinski definition) is 4. The minimum atomic E-state index is -0.364. The van der Waals surface area contributed by atoms with E-state index in [9.17, 15) is 10.1 Å². The van der Waals surface area contributed by atoms with Crippen molar-refractivity contribution in [1.29, 1.82) is 0 Å². The SMILES string of the molecule is CCNC(=NCc1ccccc1[N+](=O)[O-])NCC1CCCOC1c1ccc(C)cc1. The van der Waals surface area contributed by atoms with Gasteiger partial charge in [-0.05, 0) is 32.3 Å². The summed E-state index contributed by atoms with van der Waals surface area (Å²) in [6.45, 7) is 6.55. The molecule has 3 rings (SSSR count). The van der Waals surface area contributed by atoms with Crippen molar-refractivity contribution in [1.82, 2.24) is 10.6 Å². The molecular weight excluding hydrogens is 380 g/mol. The van der Waals surface area contributed by atoms with Gasteiger partial charge in [0.1, 0.15) is 0 Å². The molecule has 1 saturated heterocycles. The molecule has 30 heavy (non-hydrogen) atoms. The average molecular weight is 411 g/mol. The van der Waals surface area contributed by atoms with Crippen LogP contribution in [0.3, 0.4) is 0 Å². The maximum atomic E-state index is 11.2. The molecular formula is C23H30N4O3. The maximum absolute atomic E-state index is 11.2. The minimum Gasteiger partial charge on any atom is -0.373 e. The highest BCUT2D eigenvalue weighted by Crippen LogP contribution is 2.33. The van der Waals surface area contributed by atoms with E-state index in [0.717, 1.165) is 26.0 Å². The second-order valence-corrected chi connectivity index (χ2v) is 7.57. The summed E-state index contributed by atoms with van der Waals surface area (Å²) in [6, 6.07) is 15.3. The molecule has 7 nitrogen and oxygen atoms in total. The van der Waals surface area contributed by atoms with Crippen LogP contribution in [0, 0.1) is 23.0 Å². The summed E-state index contributed by atoms with van der Waals surface area (Å²) < 4.78 is 6.10. The molecule has 0 saturated carbocycles. The lowest BCUT2D eigenvalue weighted by Gasteiger charge is -2.32. The summed E-state index contributed by atoms with van der Waals surface area (Å²) in [5.41, 5.74) is 3.13. The molecule has 1 aliphatic rings. The highest BCUT2D eigenvalue weighted by molar-refractivity contribution is 5.79. The van der Waals surface area contributed by atoms with Crippen LogP contribution in [-0.4, -0.2) is 30.6 Å². The Hall–Kier alpha value is -2.93. The standard InChI is InChI=1S/C23H30N4O3/c1-3-24-23(25-15-19-7-4-5-9-21(19)27(28)29)26-16-20-8-6-14-30-22(20)18-12-10-17(2)11-13-18/h4-5,7,9-13,20,22H,3,6,8,14-16H2,1-2H3,(H2,24,25,26). The molecule has 1 fully saturated rings. The van der Waals surface area contributed by atoms with Gasteiger partial charge in [-0.15, -0.1) is 0 Å². The van der Waals surface area contributed by atoms with Gasteiger partial charge in [-0.1, -0.05) is 48.0 Å². The Labute approximate surface area is 177 Å². The molecule has 2 aromatic rings. The molecule has 0 spiro atoms. The average Bonchev–Trinajstić information content (AvgIpc) is 2.76. The van der Waals surface area contributed by atoms with Crippen molar-refractivity contribution in [2.75, 3.05) is 19.7 Å². The van der Waals surface area contributed by atoms with E-state index in [2.05, 4.69) is 46.8 Å². The zero-order valence-electron chi connectivity index (χ0n) is 17.6. The van der Waals surface area contributed by atoms with Crippen molar-refractivity contribution in [3.63, 3.8) is 0 Å². The lowest BCUT2D eigenvalue weighted by molar-refractivity contribution is -0.385. The summed E-state index contributed by atoms with van der Waals surface area (Å²) >= 11 is 0. The van der Waals surface area contributed by atoms with Crippen LogP contribution in [0.15, 0.2) is 53.5 Å². The van der Waals surface area contributed by atoms with Crippen LogP contribution in [0.1, 0.15) is 42.6 Å². The van der Waals surface area contributed by atoms with E-state index in [4.69, 9.17) is 4.74 Å². The molecule has 0 aliphatic carbocycles. The minimum absolute atomic E-state index is 0.0601. The summed E-state index contributed by atoms with van der Waals surface area (Å²) in [4.78, 5) is 15.4. The lowest BCUT2D eigenvalue weighted by Crippen LogP contribution is -2.42. The first-order valence-corrected chi connectivity index (χ1v) is 10.5. The molecule has 1 aliphatic heterocycles. The number of para-hydroxylation sites is 1. The Bertz CT molecular complexity index is 867.